The van der Waals surface area contributed by atoms with E-state index in [0.717, 1.165) is 66.4 Å². The first-order chi connectivity index (χ1) is 23.9. The van der Waals surface area contributed by atoms with Gasteiger partial charge in [0.2, 0.25) is 5.91 Å². The highest BCUT2D eigenvalue weighted by atomic mass is 32.1. The first kappa shape index (κ1) is 33.6. The Kier molecular flexibility index (Phi) is 8.83. The van der Waals surface area contributed by atoms with Gasteiger partial charge in [0.25, 0.3) is 0 Å². The number of nitrogens with one attached hydrogen (secondary N) is 2. The molecule has 258 valence electrons. The first-order valence-electron chi connectivity index (χ1n) is 16.4. The lowest BCUT2D eigenvalue weighted by Crippen LogP contribution is -2.42. The monoisotopic (exact) mass is 700 g/mol. The molecule has 5 aromatic rings. The number of fused-ring (bicyclic) bond motifs is 2. The molecular formula is C36H35F3N8O2S. The van der Waals surface area contributed by atoms with Crippen molar-refractivity contribution in [2.24, 2.45) is 0 Å². The molecule has 2 aliphatic rings. The van der Waals surface area contributed by atoms with Gasteiger partial charge in [-0.05, 0) is 61.2 Å². The summed E-state index contributed by atoms with van der Waals surface area (Å²) < 4.78 is 40.9. The van der Waals surface area contributed by atoms with Crippen molar-refractivity contribution in [2.75, 3.05) is 23.7 Å². The quantitative estimate of drug-likeness (QED) is 0.144. The molecule has 50 heavy (non-hydrogen) atoms. The Bertz CT molecular complexity index is 2120. The molecule has 10 nitrogen and oxygen atoms in total. The number of thiophene rings is 1. The van der Waals surface area contributed by atoms with Gasteiger partial charge in [-0.2, -0.15) is 18.4 Å². The number of alkyl halides is 3. The van der Waals surface area contributed by atoms with Gasteiger partial charge in [0.15, 0.2) is 0 Å². The zero-order chi connectivity index (χ0) is 35.2. The summed E-state index contributed by atoms with van der Waals surface area (Å²) in [6.07, 6.45) is 1.44. The van der Waals surface area contributed by atoms with E-state index in [-0.39, 0.29) is 22.9 Å². The van der Waals surface area contributed by atoms with Crippen molar-refractivity contribution < 1.29 is 23.1 Å². The van der Waals surface area contributed by atoms with E-state index in [1.54, 1.807) is 24.4 Å². The predicted molar refractivity (Wildman–Crippen MR) is 186 cm³/mol. The number of likely N-dealkylation sites (tertiary alicyclic amines) is 1. The first-order valence-corrected chi connectivity index (χ1v) is 17.2. The van der Waals surface area contributed by atoms with Gasteiger partial charge in [0, 0.05) is 72.1 Å². The van der Waals surface area contributed by atoms with Gasteiger partial charge >= 0.3 is 6.18 Å². The lowest BCUT2D eigenvalue weighted by molar-refractivity contribution is -0.126. The average Bonchev–Trinajstić information content (AvgIpc) is 3.66. The van der Waals surface area contributed by atoms with Crippen LogP contribution < -0.4 is 10.6 Å². The Morgan fingerprint density at radius 1 is 1.16 bits per heavy atom. The van der Waals surface area contributed by atoms with Crippen molar-refractivity contribution >= 4 is 50.0 Å². The SMILES string of the molecule is C=CC(=O)Nc1ccc(C2(O)CC(n3c(C#N)cc4c(C)c(CN5CCC(Nc6ncnc7sc(CC(F)(F)F)cc67)CC5)ccc43)C2)cn1. The van der Waals surface area contributed by atoms with Gasteiger partial charge in [-0.3, -0.25) is 9.69 Å². The molecule has 1 amide bonds. The number of hydrogen-bond acceptors (Lipinski definition) is 9. The lowest BCUT2D eigenvalue weighted by atomic mass is 9.71. The molecule has 0 radical (unpaired) electrons. The fourth-order valence-electron chi connectivity index (χ4n) is 7.17. The van der Waals surface area contributed by atoms with Crippen LogP contribution in [0.4, 0.5) is 24.8 Å². The largest absolute Gasteiger partial charge is 0.393 e. The molecule has 4 aromatic heterocycles. The summed E-state index contributed by atoms with van der Waals surface area (Å²) in [4.78, 5) is 27.5. The van der Waals surface area contributed by atoms with E-state index in [1.807, 2.05) is 10.6 Å². The third-order valence-electron chi connectivity index (χ3n) is 9.85. The van der Waals surface area contributed by atoms with Crippen LogP contribution in [0.3, 0.4) is 0 Å². The van der Waals surface area contributed by atoms with Crippen LogP contribution in [-0.2, 0) is 23.4 Å². The van der Waals surface area contributed by atoms with Crippen molar-refractivity contribution in [3.05, 3.63) is 88.8 Å². The van der Waals surface area contributed by atoms with Crippen LogP contribution in [0.15, 0.2) is 61.6 Å². The molecule has 0 unspecified atom stereocenters. The topological polar surface area (TPSA) is 132 Å². The Labute approximate surface area is 290 Å². The highest BCUT2D eigenvalue weighted by Crippen LogP contribution is 2.50. The second-order valence-electron chi connectivity index (χ2n) is 13.2. The van der Waals surface area contributed by atoms with E-state index in [9.17, 15) is 28.3 Å². The minimum atomic E-state index is -4.27. The van der Waals surface area contributed by atoms with Crippen LogP contribution in [-0.4, -0.2) is 60.7 Å². The third kappa shape index (κ3) is 6.68. The number of carbonyl (C=O) groups excluding carboxylic acids is 1. The molecule has 2 fully saturated rings. The van der Waals surface area contributed by atoms with E-state index in [4.69, 9.17) is 0 Å². The summed E-state index contributed by atoms with van der Waals surface area (Å²) in [6.45, 7) is 7.96. The van der Waals surface area contributed by atoms with Crippen molar-refractivity contribution in [3.8, 4) is 6.07 Å². The maximum Gasteiger partial charge on any atom is 0.393 e. The maximum atomic E-state index is 13.0. The highest BCUT2D eigenvalue weighted by molar-refractivity contribution is 7.18. The molecule has 1 aromatic carbocycles. The number of aliphatic hydroxyl groups is 1. The van der Waals surface area contributed by atoms with Gasteiger partial charge in [0.1, 0.15) is 34.6 Å². The Balaban J connectivity index is 0.995. The number of pyridine rings is 1. The van der Waals surface area contributed by atoms with Gasteiger partial charge in [-0.15, -0.1) is 11.3 Å². The van der Waals surface area contributed by atoms with Crippen LogP contribution >= 0.6 is 11.3 Å². The van der Waals surface area contributed by atoms with Crippen LogP contribution in [0.1, 0.15) is 59.0 Å². The number of halogens is 3. The summed E-state index contributed by atoms with van der Waals surface area (Å²) in [5.74, 6) is 0.588. The van der Waals surface area contributed by atoms with Gasteiger partial charge in [-0.25, -0.2) is 15.0 Å². The summed E-state index contributed by atoms with van der Waals surface area (Å²) in [6, 6.07) is 13.5. The number of aromatic nitrogens is 4. The lowest BCUT2D eigenvalue weighted by Gasteiger charge is -2.45. The summed E-state index contributed by atoms with van der Waals surface area (Å²) in [7, 11) is 0. The summed E-state index contributed by atoms with van der Waals surface area (Å²) >= 11 is 1.05. The maximum absolute atomic E-state index is 13.0. The van der Waals surface area contributed by atoms with Crippen molar-refractivity contribution in [1.29, 1.82) is 5.26 Å². The molecule has 0 bridgehead atoms. The number of nitriles is 1. The zero-order valence-corrected chi connectivity index (χ0v) is 28.1. The van der Waals surface area contributed by atoms with Crippen LogP contribution in [0.5, 0.6) is 0 Å². The molecule has 3 N–H and O–H groups in total. The number of amides is 1. The molecule has 1 aliphatic carbocycles. The molecule has 14 heteroatoms. The van der Waals surface area contributed by atoms with Crippen LogP contribution in [0.2, 0.25) is 0 Å². The fraction of sp³-hybridized carbons (Fsp3) is 0.361. The van der Waals surface area contributed by atoms with E-state index >= 15 is 0 Å². The van der Waals surface area contributed by atoms with Crippen LogP contribution in [0.25, 0.3) is 21.1 Å². The van der Waals surface area contributed by atoms with E-state index in [2.05, 4.69) is 62.2 Å². The van der Waals surface area contributed by atoms with Gasteiger partial charge in [0.05, 0.1) is 17.4 Å². The second kappa shape index (κ2) is 13.1. The number of benzene rings is 1. The number of piperidine rings is 1. The van der Waals surface area contributed by atoms with E-state index < -0.39 is 18.2 Å². The summed E-state index contributed by atoms with van der Waals surface area (Å²) in [5.41, 5.74) is 3.38. The number of anilines is 2. The Morgan fingerprint density at radius 3 is 2.62 bits per heavy atom. The summed E-state index contributed by atoms with van der Waals surface area (Å²) in [5, 5.41) is 29.1. The molecule has 1 saturated heterocycles. The van der Waals surface area contributed by atoms with Crippen molar-refractivity contribution in [3.63, 3.8) is 0 Å². The Morgan fingerprint density at radius 2 is 1.94 bits per heavy atom. The van der Waals surface area contributed by atoms with Crippen molar-refractivity contribution in [1.82, 2.24) is 24.4 Å². The molecule has 0 atom stereocenters. The number of rotatable bonds is 9. The standard InChI is InChI=1S/C36H35F3N8O2S/c1-3-32(48)45-31-7-5-23(18-41-31)35(49)14-26(15-35)47-25(17-40)12-28-21(2)22(4-6-30(28)47)19-46-10-8-24(9-11-46)44-33-29-13-27(16-36(37,38)39)50-34(29)43-20-42-33/h3-7,12-13,18,20,24,26,49H,1,8-11,14-16,19H2,2H3,(H,41,45,48)(H,42,43,44). The fourth-order valence-corrected chi connectivity index (χ4v) is 8.20. The minimum absolute atomic E-state index is 0.0644. The smallest absolute Gasteiger partial charge is 0.385 e. The normalized spacial score (nSPS) is 20.0. The zero-order valence-electron chi connectivity index (χ0n) is 27.3. The van der Waals surface area contributed by atoms with E-state index in [1.165, 1.54) is 11.9 Å². The molecule has 5 heterocycles. The Hall–Kier alpha value is -4.84. The van der Waals surface area contributed by atoms with E-state index in [0.29, 0.717) is 46.0 Å². The molecular weight excluding hydrogens is 666 g/mol. The molecule has 1 saturated carbocycles. The number of nitrogens with zero attached hydrogens (tertiary/aromatic N) is 6. The molecule has 0 spiro atoms. The number of hydrogen-bond donors (Lipinski definition) is 3. The van der Waals surface area contributed by atoms with Crippen molar-refractivity contribution in [2.45, 2.75) is 69.4 Å². The number of carbonyl (C=O) groups is 1. The highest BCUT2D eigenvalue weighted by Gasteiger charge is 2.46. The average molecular weight is 701 g/mol. The predicted octanol–water partition coefficient (Wildman–Crippen LogP) is 6.75. The second-order valence-corrected chi connectivity index (χ2v) is 14.3. The molecule has 7 rings (SSSR count). The molecule has 1 aliphatic heterocycles. The number of aryl methyl sites for hydroxylation is 1. The van der Waals surface area contributed by atoms with Gasteiger partial charge < -0.3 is 20.3 Å². The third-order valence-corrected chi connectivity index (χ3v) is 10.9. The van der Waals surface area contributed by atoms with Gasteiger partial charge in [-0.1, -0.05) is 18.7 Å². The van der Waals surface area contributed by atoms with Crippen LogP contribution in [0, 0.1) is 18.3 Å². The minimum Gasteiger partial charge on any atom is -0.385 e.